The fourth-order valence-corrected chi connectivity index (χ4v) is 4.42. The number of non-ortho nitro benzene ring substituents is 1. The Bertz CT molecular complexity index is 609. The zero-order valence-corrected chi connectivity index (χ0v) is 13.3. The lowest BCUT2D eigenvalue weighted by Crippen LogP contribution is -2.40. The number of benzene rings is 1. The molecule has 0 heterocycles. The summed E-state index contributed by atoms with van der Waals surface area (Å²) in [6, 6.07) is 5.01. The van der Waals surface area contributed by atoms with Crippen LogP contribution in [0.5, 0.6) is 0 Å². The van der Waals surface area contributed by atoms with Crippen LogP contribution in [0.4, 0.5) is 5.69 Å². The van der Waals surface area contributed by atoms with Crippen LogP contribution < -0.4 is 0 Å². The molecule has 1 aliphatic carbocycles. The lowest BCUT2D eigenvalue weighted by atomic mass is 10.2. The summed E-state index contributed by atoms with van der Waals surface area (Å²) < 4.78 is 32.1. The number of nitro benzene ring substituents is 1. The number of nitro groups is 1. The molecular formula is C14H20N2O5S. The van der Waals surface area contributed by atoms with E-state index >= 15 is 0 Å². The van der Waals surface area contributed by atoms with Gasteiger partial charge in [0.25, 0.3) is 5.69 Å². The maximum absolute atomic E-state index is 12.8. The van der Waals surface area contributed by atoms with Gasteiger partial charge in [-0.15, -0.1) is 0 Å². The van der Waals surface area contributed by atoms with Crippen molar-refractivity contribution in [3.8, 4) is 0 Å². The number of ether oxygens (including phenoxy) is 1. The molecule has 1 saturated carbocycles. The summed E-state index contributed by atoms with van der Waals surface area (Å²) in [7, 11) is -2.14. The molecule has 0 aromatic heterocycles. The van der Waals surface area contributed by atoms with E-state index in [1.807, 2.05) is 0 Å². The van der Waals surface area contributed by atoms with Crippen LogP contribution in [0, 0.1) is 10.1 Å². The van der Waals surface area contributed by atoms with Crippen LogP contribution in [0.25, 0.3) is 0 Å². The van der Waals surface area contributed by atoms with Gasteiger partial charge in [-0.3, -0.25) is 10.1 Å². The van der Waals surface area contributed by atoms with E-state index in [-0.39, 0.29) is 16.6 Å². The van der Waals surface area contributed by atoms with Crippen molar-refractivity contribution in [1.82, 2.24) is 4.31 Å². The molecule has 0 bridgehead atoms. The highest BCUT2D eigenvalue weighted by molar-refractivity contribution is 7.89. The predicted molar refractivity (Wildman–Crippen MR) is 81.1 cm³/mol. The largest absolute Gasteiger partial charge is 0.383 e. The van der Waals surface area contributed by atoms with Crippen LogP contribution in [-0.2, 0) is 14.8 Å². The van der Waals surface area contributed by atoms with Gasteiger partial charge in [-0.1, -0.05) is 12.8 Å². The van der Waals surface area contributed by atoms with E-state index in [0.29, 0.717) is 13.2 Å². The first-order valence-corrected chi connectivity index (χ1v) is 8.66. The van der Waals surface area contributed by atoms with Gasteiger partial charge in [0.1, 0.15) is 0 Å². The lowest BCUT2D eigenvalue weighted by Gasteiger charge is -2.27. The number of methoxy groups -OCH3 is 1. The van der Waals surface area contributed by atoms with Gasteiger partial charge in [0, 0.05) is 31.8 Å². The third-order valence-corrected chi connectivity index (χ3v) is 5.87. The van der Waals surface area contributed by atoms with Crippen LogP contribution in [0.2, 0.25) is 0 Å². The summed E-state index contributed by atoms with van der Waals surface area (Å²) in [6.07, 6.45) is 3.72. The molecule has 0 spiro atoms. The molecule has 0 unspecified atom stereocenters. The van der Waals surface area contributed by atoms with Gasteiger partial charge in [0.2, 0.25) is 10.0 Å². The SMILES string of the molecule is COCCN(C1CCCC1)S(=O)(=O)c1ccc([N+](=O)[O-])cc1. The van der Waals surface area contributed by atoms with Gasteiger partial charge in [0.05, 0.1) is 16.4 Å². The fourth-order valence-electron chi connectivity index (χ4n) is 2.75. The van der Waals surface area contributed by atoms with Gasteiger partial charge in [-0.25, -0.2) is 8.42 Å². The van der Waals surface area contributed by atoms with Crippen LogP contribution in [0.15, 0.2) is 29.2 Å². The normalized spacial score (nSPS) is 16.3. The summed E-state index contributed by atoms with van der Waals surface area (Å²) in [4.78, 5) is 10.2. The summed E-state index contributed by atoms with van der Waals surface area (Å²) in [5.41, 5.74) is -0.122. The van der Waals surface area contributed by atoms with Gasteiger partial charge in [0.15, 0.2) is 0 Å². The molecule has 0 aliphatic heterocycles. The Morgan fingerprint density at radius 2 is 1.86 bits per heavy atom. The highest BCUT2D eigenvalue weighted by Crippen LogP contribution is 2.29. The Morgan fingerprint density at radius 3 is 2.36 bits per heavy atom. The fraction of sp³-hybridized carbons (Fsp3) is 0.571. The molecule has 7 nitrogen and oxygen atoms in total. The minimum absolute atomic E-state index is 0.0182. The average Bonchev–Trinajstić information content (AvgIpc) is 3.01. The van der Waals surface area contributed by atoms with E-state index in [4.69, 9.17) is 4.74 Å². The first-order chi connectivity index (χ1) is 10.5. The van der Waals surface area contributed by atoms with Crippen LogP contribution >= 0.6 is 0 Å². The highest BCUT2D eigenvalue weighted by Gasteiger charge is 2.33. The van der Waals surface area contributed by atoms with E-state index in [9.17, 15) is 18.5 Å². The molecule has 1 aromatic carbocycles. The zero-order chi connectivity index (χ0) is 16.2. The summed E-state index contributed by atoms with van der Waals surface area (Å²) in [5, 5.41) is 10.7. The first-order valence-electron chi connectivity index (χ1n) is 7.22. The van der Waals surface area contributed by atoms with E-state index in [0.717, 1.165) is 25.7 Å². The Labute approximate surface area is 130 Å². The van der Waals surface area contributed by atoms with E-state index in [1.54, 1.807) is 0 Å². The molecule has 0 atom stereocenters. The number of sulfonamides is 1. The average molecular weight is 328 g/mol. The smallest absolute Gasteiger partial charge is 0.269 e. The van der Waals surface area contributed by atoms with Crippen molar-refractivity contribution in [3.63, 3.8) is 0 Å². The van der Waals surface area contributed by atoms with Crippen LogP contribution in [0.3, 0.4) is 0 Å². The maximum atomic E-state index is 12.8. The van der Waals surface area contributed by atoms with Crippen LogP contribution in [-0.4, -0.2) is 43.9 Å². The standard InChI is InChI=1S/C14H20N2O5S/c1-21-11-10-15(12-4-2-3-5-12)22(19,20)14-8-6-13(7-9-14)16(17)18/h6-9,12H,2-5,10-11H2,1H3. The highest BCUT2D eigenvalue weighted by atomic mass is 32.2. The minimum Gasteiger partial charge on any atom is -0.383 e. The van der Waals surface area contributed by atoms with Crippen molar-refractivity contribution in [2.45, 2.75) is 36.6 Å². The molecule has 0 saturated heterocycles. The van der Waals surface area contributed by atoms with Gasteiger partial charge in [-0.05, 0) is 25.0 Å². The molecule has 22 heavy (non-hydrogen) atoms. The second kappa shape index (κ2) is 7.17. The third-order valence-electron chi connectivity index (χ3n) is 3.90. The molecule has 1 aromatic rings. The summed E-state index contributed by atoms with van der Waals surface area (Å²) in [5.74, 6) is 0. The van der Waals surface area contributed by atoms with Gasteiger partial charge >= 0.3 is 0 Å². The van der Waals surface area contributed by atoms with Crippen molar-refractivity contribution in [1.29, 1.82) is 0 Å². The number of hydrogen-bond acceptors (Lipinski definition) is 5. The topological polar surface area (TPSA) is 89.8 Å². The lowest BCUT2D eigenvalue weighted by molar-refractivity contribution is -0.384. The van der Waals surface area contributed by atoms with Crippen molar-refractivity contribution < 1.29 is 18.1 Å². The van der Waals surface area contributed by atoms with Crippen molar-refractivity contribution in [2.75, 3.05) is 20.3 Å². The second-order valence-corrected chi connectivity index (χ2v) is 7.19. The van der Waals surface area contributed by atoms with E-state index in [1.165, 1.54) is 35.7 Å². The Hall–Kier alpha value is -1.51. The molecule has 0 amide bonds. The van der Waals surface area contributed by atoms with Crippen molar-refractivity contribution in [2.24, 2.45) is 0 Å². The number of rotatable bonds is 7. The monoisotopic (exact) mass is 328 g/mol. The molecule has 8 heteroatoms. The second-order valence-electron chi connectivity index (χ2n) is 5.30. The predicted octanol–water partition coefficient (Wildman–Crippen LogP) is 2.17. The van der Waals surface area contributed by atoms with Crippen molar-refractivity contribution >= 4 is 15.7 Å². The zero-order valence-electron chi connectivity index (χ0n) is 12.5. The number of nitrogens with zero attached hydrogens (tertiary/aromatic N) is 2. The number of hydrogen-bond donors (Lipinski definition) is 0. The minimum atomic E-state index is -3.67. The summed E-state index contributed by atoms with van der Waals surface area (Å²) in [6.45, 7) is 0.614. The van der Waals surface area contributed by atoms with E-state index < -0.39 is 14.9 Å². The van der Waals surface area contributed by atoms with Gasteiger partial charge < -0.3 is 4.74 Å². The molecule has 0 radical (unpaired) electrons. The van der Waals surface area contributed by atoms with E-state index in [2.05, 4.69) is 0 Å². The third kappa shape index (κ3) is 3.63. The quantitative estimate of drug-likeness (QED) is 0.565. The van der Waals surface area contributed by atoms with Crippen LogP contribution in [0.1, 0.15) is 25.7 Å². The Morgan fingerprint density at radius 1 is 1.27 bits per heavy atom. The molecule has 2 rings (SSSR count). The molecule has 1 aliphatic rings. The Balaban J connectivity index is 2.28. The maximum Gasteiger partial charge on any atom is 0.269 e. The Kier molecular flexibility index (Phi) is 5.49. The van der Waals surface area contributed by atoms with Crippen molar-refractivity contribution in [3.05, 3.63) is 34.4 Å². The molecule has 0 N–H and O–H groups in total. The van der Waals surface area contributed by atoms with Gasteiger partial charge in [-0.2, -0.15) is 4.31 Å². The molecule has 1 fully saturated rings. The molecular weight excluding hydrogens is 308 g/mol. The first kappa shape index (κ1) is 16.9. The summed E-state index contributed by atoms with van der Waals surface area (Å²) >= 11 is 0. The molecule has 122 valence electrons.